The molecular weight excluding hydrogens is 276 g/mol. The van der Waals surface area contributed by atoms with Crippen LogP contribution in [0.2, 0.25) is 0 Å². The molecule has 3 rings (SSSR count). The van der Waals surface area contributed by atoms with Gasteiger partial charge < -0.3 is 4.57 Å². The SMILES string of the molecule is Cc1cc(-c2ncnn2Cc2ccccc2)c(=O)n(C)c1C. The standard InChI is InChI=1S/C17H18N4O/c1-12-9-15(17(22)20(3)13(12)2)16-18-11-19-21(16)10-14-7-5-4-6-8-14/h4-9,11H,10H2,1-3H3. The Hall–Kier alpha value is -2.69. The highest BCUT2D eigenvalue weighted by Gasteiger charge is 2.14. The van der Waals surface area contributed by atoms with Crippen LogP contribution in [0.1, 0.15) is 16.8 Å². The summed E-state index contributed by atoms with van der Waals surface area (Å²) >= 11 is 0. The minimum atomic E-state index is -0.0505. The van der Waals surface area contributed by atoms with Crippen LogP contribution in [0.3, 0.4) is 0 Å². The van der Waals surface area contributed by atoms with Crippen LogP contribution >= 0.6 is 0 Å². The number of hydrogen-bond donors (Lipinski definition) is 0. The van der Waals surface area contributed by atoms with Crippen molar-refractivity contribution in [3.63, 3.8) is 0 Å². The molecule has 0 amide bonds. The number of benzene rings is 1. The number of hydrogen-bond acceptors (Lipinski definition) is 3. The highest BCUT2D eigenvalue weighted by molar-refractivity contribution is 5.55. The summed E-state index contributed by atoms with van der Waals surface area (Å²) in [4.78, 5) is 16.8. The van der Waals surface area contributed by atoms with Crippen molar-refractivity contribution in [3.05, 3.63) is 69.9 Å². The number of nitrogens with zero attached hydrogens (tertiary/aromatic N) is 4. The van der Waals surface area contributed by atoms with Gasteiger partial charge in [-0.2, -0.15) is 5.10 Å². The third kappa shape index (κ3) is 2.45. The van der Waals surface area contributed by atoms with Gasteiger partial charge in [0.1, 0.15) is 6.33 Å². The molecule has 0 aliphatic carbocycles. The zero-order valence-electron chi connectivity index (χ0n) is 12.9. The highest BCUT2D eigenvalue weighted by atomic mass is 16.1. The topological polar surface area (TPSA) is 52.7 Å². The summed E-state index contributed by atoms with van der Waals surface area (Å²) in [5, 5.41) is 4.27. The molecule has 3 aromatic rings. The second-order valence-corrected chi connectivity index (χ2v) is 5.42. The van der Waals surface area contributed by atoms with Crippen LogP contribution in [-0.4, -0.2) is 19.3 Å². The van der Waals surface area contributed by atoms with Gasteiger partial charge in [-0.05, 0) is 31.0 Å². The minimum absolute atomic E-state index is 0.0505. The van der Waals surface area contributed by atoms with Crippen LogP contribution in [0.5, 0.6) is 0 Å². The molecule has 0 fully saturated rings. The fourth-order valence-corrected chi connectivity index (χ4v) is 2.49. The summed E-state index contributed by atoms with van der Waals surface area (Å²) < 4.78 is 3.42. The van der Waals surface area contributed by atoms with Gasteiger partial charge in [0.25, 0.3) is 5.56 Å². The van der Waals surface area contributed by atoms with Crippen molar-refractivity contribution in [1.82, 2.24) is 19.3 Å². The van der Waals surface area contributed by atoms with Gasteiger partial charge in [-0.3, -0.25) is 4.79 Å². The smallest absolute Gasteiger partial charge is 0.261 e. The van der Waals surface area contributed by atoms with Crippen molar-refractivity contribution in [3.8, 4) is 11.4 Å². The zero-order chi connectivity index (χ0) is 15.7. The predicted octanol–water partition coefficient (Wildman–Crippen LogP) is 2.31. The Morgan fingerprint density at radius 3 is 2.59 bits per heavy atom. The molecular formula is C17H18N4O. The maximum Gasteiger partial charge on any atom is 0.261 e. The molecule has 2 aromatic heterocycles. The van der Waals surface area contributed by atoms with Gasteiger partial charge >= 0.3 is 0 Å². The molecule has 0 N–H and O–H groups in total. The second-order valence-electron chi connectivity index (χ2n) is 5.42. The summed E-state index contributed by atoms with van der Waals surface area (Å²) in [6.07, 6.45) is 1.49. The van der Waals surface area contributed by atoms with Gasteiger partial charge in [-0.25, -0.2) is 9.67 Å². The molecule has 0 aliphatic heterocycles. The van der Waals surface area contributed by atoms with E-state index in [9.17, 15) is 4.79 Å². The van der Waals surface area contributed by atoms with Crippen molar-refractivity contribution in [2.75, 3.05) is 0 Å². The number of rotatable bonds is 3. The van der Waals surface area contributed by atoms with Gasteiger partial charge in [-0.15, -0.1) is 0 Å². The van der Waals surface area contributed by atoms with E-state index in [4.69, 9.17) is 0 Å². The van der Waals surface area contributed by atoms with Gasteiger partial charge in [0.05, 0.1) is 12.1 Å². The zero-order valence-corrected chi connectivity index (χ0v) is 12.9. The summed E-state index contributed by atoms with van der Waals surface area (Å²) in [6.45, 7) is 4.53. The quantitative estimate of drug-likeness (QED) is 0.745. The van der Waals surface area contributed by atoms with E-state index >= 15 is 0 Å². The molecule has 0 spiro atoms. The Kier molecular flexibility index (Phi) is 3.63. The molecule has 1 aromatic carbocycles. The van der Waals surface area contributed by atoms with E-state index in [0.717, 1.165) is 16.8 Å². The van der Waals surface area contributed by atoms with Crippen LogP contribution in [0, 0.1) is 13.8 Å². The molecule has 0 saturated heterocycles. The first kappa shape index (κ1) is 14.3. The molecule has 2 heterocycles. The maximum atomic E-state index is 12.5. The molecule has 5 heteroatoms. The van der Waals surface area contributed by atoms with Crippen LogP contribution in [0.4, 0.5) is 0 Å². The molecule has 112 valence electrons. The molecule has 0 bridgehead atoms. The van der Waals surface area contributed by atoms with Crippen molar-refractivity contribution in [1.29, 1.82) is 0 Å². The Morgan fingerprint density at radius 2 is 1.86 bits per heavy atom. The van der Waals surface area contributed by atoms with E-state index in [2.05, 4.69) is 10.1 Å². The van der Waals surface area contributed by atoms with E-state index in [-0.39, 0.29) is 5.56 Å². The van der Waals surface area contributed by atoms with E-state index in [1.54, 1.807) is 16.3 Å². The Bertz CT molecular complexity index is 862. The monoisotopic (exact) mass is 294 g/mol. The molecule has 0 aliphatic rings. The lowest BCUT2D eigenvalue weighted by molar-refractivity contribution is 0.690. The van der Waals surface area contributed by atoms with Crippen molar-refractivity contribution >= 4 is 0 Å². The maximum absolute atomic E-state index is 12.5. The Balaban J connectivity index is 2.08. The molecule has 0 radical (unpaired) electrons. The average Bonchev–Trinajstić information content (AvgIpc) is 2.98. The summed E-state index contributed by atoms with van der Waals surface area (Å²) in [6, 6.07) is 11.9. The average molecular weight is 294 g/mol. The van der Waals surface area contributed by atoms with E-state index in [1.807, 2.05) is 50.2 Å². The molecule has 0 atom stereocenters. The second kappa shape index (κ2) is 5.60. The van der Waals surface area contributed by atoms with Crippen molar-refractivity contribution < 1.29 is 0 Å². The van der Waals surface area contributed by atoms with Crippen molar-refractivity contribution in [2.45, 2.75) is 20.4 Å². The fraction of sp³-hybridized carbons (Fsp3) is 0.235. The van der Waals surface area contributed by atoms with E-state index in [1.165, 1.54) is 6.33 Å². The normalized spacial score (nSPS) is 10.9. The first-order valence-electron chi connectivity index (χ1n) is 7.17. The lowest BCUT2D eigenvalue weighted by atomic mass is 10.1. The minimum Gasteiger partial charge on any atom is -0.315 e. The molecule has 0 unspecified atom stereocenters. The summed E-state index contributed by atoms with van der Waals surface area (Å²) in [5.41, 5.74) is 3.67. The number of aryl methyl sites for hydroxylation is 1. The molecule has 0 saturated carbocycles. The Labute approximate surface area is 128 Å². The summed E-state index contributed by atoms with van der Waals surface area (Å²) in [5.74, 6) is 0.604. The fourth-order valence-electron chi connectivity index (χ4n) is 2.49. The number of aromatic nitrogens is 4. The first-order valence-corrected chi connectivity index (χ1v) is 7.17. The third-order valence-corrected chi connectivity index (χ3v) is 4.00. The lowest BCUT2D eigenvalue weighted by Crippen LogP contribution is -2.23. The lowest BCUT2D eigenvalue weighted by Gasteiger charge is -2.11. The van der Waals surface area contributed by atoms with Gasteiger partial charge in [0, 0.05) is 12.7 Å². The van der Waals surface area contributed by atoms with E-state index < -0.39 is 0 Å². The Morgan fingerprint density at radius 1 is 1.14 bits per heavy atom. The van der Waals surface area contributed by atoms with Crippen LogP contribution < -0.4 is 5.56 Å². The van der Waals surface area contributed by atoms with Crippen LogP contribution in [-0.2, 0) is 13.6 Å². The van der Waals surface area contributed by atoms with Crippen LogP contribution in [0.25, 0.3) is 11.4 Å². The largest absolute Gasteiger partial charge is 0.315 e. The predicted molar refractivity (Wildman–Crippen MR) is 85.7 cm³/mol. The van der Waals surface area contributed by atoms with Crippen molar-refractivity contribution in [2.24, 2.45) is 7.05 Å². The van der Waals surface area contributed by atoms with Gasteiger partial charge in [0.2, 0.25) is 0 Å². The molecule has 22 heavy (non-hydrogen) atoms. The van der Waals surface area contributed by atoms with Gasteiger partial charge in [0.15, 0.2) is 5.82 Å². The molecule has 5 nitrogen and oxygen atoms in total. The highest BCUT2D eigenvalue weighted by Crippen LogP contribution is 2.16. The van der Waals surface area contributed by atoms with Gasteiger partial charge in [-0.1, -0.05) is 30.3 Å². The van der Waals surface area contributed by atoms with E-state index in [0.29, 0.717) is 17.9 Å². The van der Waals surface area contributed by atoms with Crippen LogP contribution in [0.15, 0.2) is 47.5 Å². The first-order chi connectivity index (χ1) is 10.6. The summed E-state index contributed by atoms with van der Waals surface area (Å²) in [7, 11) is 1.78. The number of pyridine rings is 1. The third-order valence-electron chi connectivity index (χ3n) is 4.00.